The molecule has 0 radical (unpaired) electrons. The van der Waals surface area contributed by atoms with E-state index in [1.54, 1.807) is 6.07 Å². The highest BCUT2D eigenvalue weighted by Gasteiger charge is 2.55. The van der Waals surface area contributed by atoms with Gasteiger partial charge in [0.2, 0.25) is 0 Å². The van der Waals surface area contributed by atoms with Crippen molar-refractivity contribution < 1.29 is 14.7 Å². The van der Waals surface area contributed by atoms with Gasteiger partial charge >= 0.3 is 6.09 Å². The van der Waals surface area contributed by atoms with E-state index in [1.165, 1.54) is 4.90 Å². The summed E-state index contributed by atoms with van der Waals surface area (Å²) in [4.78, 5) is 29.3. The van der Waals surface area contributed by atoms with Gasteiger partial charge in [0.1, 0.15) is 11.3 Å². The molecule has 0 atom stereocenters. The zero-order valence-electron chi connectivity index (χ0n) is 12.3. The molecular weight excluding hydrogens is 282 g/mol. The molecular formula is C16H17N3O3. The molecule has 2 aromatic rings. The van der Waals surface area contributed by atoms with Gasteiger partial charge in [0, 0.05) is 43.1 Å². The highest BCUT2D eigenvalue weighted by atomic mass is 16.4. The molecule has 1 saturated heterocycles. The van der Waals surface area contributed by atoms with Crippen molar-refractivity contribution in [1.29, 1.82) is 0 Å². The summed E-state index contributed by atoms with van der Waals surface area (Å²) in [5.41, 5.74) is 1.39. The fourth-order valence-corrected chi connectivity index (χ4v) is 3.81. The number of Topliss-reactive ketones (excluding diaryl/α,β-unsaturated/α-hetero) is 1. The van der Waals surface area contributed by atoms with Crippen LogP contribution in [0.15, 0.2) is 24.4 Å². The van der Waals surface area contributed by atoms with Gasteiger partial charge in [0.15, 0.2) is 5.78 Å². The van der Waals surface area contributed by atoms with Crippen LogP contribution >= 0.6 is 0 Å². The fraction of sp³-hybridized carbons (Fsp3) is 0.438. The molecule has 1 N–H and O–H groups in total. The summed E-state index contributed by atoms with van der Waals surface area (Å²) in [6.45, 7) is 1.13. The number of aromatic nitrogens is 2. The molecule has 4 rings (SSSR count). The summed E-state index contributed by atoms with van der Waals surface area (Å²) < 4.78 is 1.91. The predicted octanol–water partition coefficient (Wildman–Crippen LogP) is 2.15. The Morgan fingerprint density at radius 2 is 2.00 bits per heavy atom. The van der Waals surface area contributed by atoms with Crippen LogP contribution in [-0.4, -0.2) is 44.5 Å². The summed E-state index contributed by atoms with van der Waals surface area (Å²) in [6, 6.07) is 5.70. The number of nitrogens with zero attached hydrogens (tertiary/aromatic N) is 3. The number of hydrogen-bond donors (Lipinski definition) is 1. The topological polar surface area (TPSA) is 75.4 Å². The van der Waals surface area contributed by atoms with Crippen LogP contribution in [0.5, 0.6) is 0 Å². The molecule has 1 aliphatic heterocycles. The largest absolute Gasteiger partial charge is 0.465 e. The van der Waals surface area contributed by atoms with Crippen molar-refractivity contribution in [1.82, 2.24) is 14.5 Å². The van der Waals surface area contributed by atoms with Crippen LogP contribution in [0.25, 0.3) is 11.0 Å². The van der Waals surface area contributed by atoms with Gasteiger partial charge in [-0.2, -0.15) is 0 Å². The maximum atomic E-state index is 12.5. The van der Waals surface area contributed by atoms with Gasteiger partial charge < -0.3 is 14.6 Å². The van der Waals surface area contributed by atoms with Gasteiger partial charge in [0.25, 0.3) is 0 Å². The van der Waals surface area contributed by atoms with Gasteiger partial charge in [-0.3, -0.25) is 4.79 Å². The lowest BCUT2D eigenvalue weighted by Gasteiger charge is -2.57. The second-order valence-electron chi connectivity index (χ2n) is 6.64. The Bertz CT molecular complexity index is 781. The van der Waals surface area contributed by atoms with E-state index in [4.69, 9.17) is 5.11 Å². The van der Waals surface area contributed by atoms with Crippen molar-refractivity contribution in [3.05, 3.63) is 30.1 Å². The molecule has 0 bridgehead atoms. The zero-order valence-corrected chi connectivity index (χ0v) is 12.3. The van der Waals surface area contributed by atoms with Crippen molar-refractivity contribution in [2.45, 2.75) is 12.8 Å². The Balaban J connectivity index is 1.47. The summed E-state index contributed by atoms with van der Waals surface area (Å²) in [5.74, 6) is 0.0728. The number of carbonyl (C=O) groups excluding carboxylic acids is 1. The first-order valence-corrected chi connectivity index (χ1v) is 7.42. The van der Waals surface area contributed by atoms with E-state index in [2.05, 4.69) is 4.98 Å². The number of fused-ring (bicyclic) bond motifs is 1. The Morgan fingerprint density at radius 1 is 1.27 bits per heavy atom. The first-order valence-electron chi connectivity index (χ1n) is 7.42. The number of likely N-dealkylation sites (tertiary alicyclic amines) is 1. The molecule has 3 heterocycles. The first-order chi connectivity index (χ1) is 10.5. The van der Waals surface area contributed by atoms with E-state index < -0.39 is 6.09 Å². The molecule has 114 valence electrons. The van der Waals surface area contributed by atoms with Gasteiger partial charge in [-0.05, 0) is 31.0 Å². The lowest BCUT2D eigenvalue weighted by Crippen LogP contribution is -2.64. The average Bonchev–Trinajstić information content (AvgIpc) is 2.76. The molecule has 0 unspecified atom stereocenters. The number of pyridine rings is 1. The standard InChI is InChI=1S/C16H17N3O3/c1-18-5-4-10-2-3-12(17-14(10)18)13(20)11-6-16(7-11)8-19(9-16)15(21)22/h2-5,11H,6-9H2,1H3,(H,21,22). The van der Waals surface area contributed by atoms with E-state index in [9.17, 15) is 9.59 Å². The minimum atomic E-state index is -0.865. The van der Waals surface area contributed by atoms with Gasteiger partial charge in [0.05, 0.1) is 0 Å². The van der Waals surface area contributed by atoms with Crippen molar-refractivity contribution in [3.8, 4) is 0 Å². The summed E-state index contributed by atoms with van der Waals surface area (Å²) in [5, 5.41) is 9.92. The molecule has 1 spiro atoms. The lowest BCUT2D eigenvalue weighted by atomic mass is 9.56. The van der Waals surface area contributed by atoms with Gasteiger partial charge in [-0.15, -0.1) is 0 Å². The van der Waals surface area contributed by atoms with Crippen LogP contribution in [0.2, 0.25) is 0 Å². The van der Waals surface area contributed by atoms with Crippen molar-refractivity contribution in [2.75, 3.05) is 13.1 Å². The maximum Gasteiger partial charge on any atom is 0.407 e. The summed E-state index contributed by atoms with van der Waals surface area (Å²) >= 11 is 0. The summed E-state index contributed by atoms with van der Waals surface area (Å²) in [6.07, 6.45) is 2.63. The van der Waals surface area contributed by atoms with E-state index >= 15 is 0 Å². The van der Waals surface area contributed by atoms with Crippen LogP contribution in [0.3, 0.4) is 0 Å². The molecule has 1 amide bonds. The van der Waals surface area contributed by atoms with Crippen molar-refractivity contribution in [2.24, 2.45) is 18.4 Å². The number of amides is 1. The van der Waals surface area contributed by atoms with E-state index in [1.807, 2.05) is 29.9 Å². The molecule has 2 aliphatic rings. The Kier molecular flexibility index (Phi) is 2.61. The zero-order chi connectivity index (χ0) is 15.5. The van der Waals surface area contributed by atoms with E-state index in [-0.39, 0.29) is 17.1 Å². The molecule has 2 aromatic heterocycles. The third-order valence-corrected chi connectivity index (χ3v) is 5.02. The number of ketones is 1. The second-order valence-corrected chi connectivity index (χ2v) is 6.64. The maximum absolute atomic E-state index is 12.5. The third-order valence-electron chi connectivity index (χ3n) is 5.02. The lowest BCUT2D eigenvalue weighted by molar-refractivity contribution is -0.0697. The van der Waals surface area contributed by atoms with Crippen LogP contribution < -0.4 is 0 Å². The third kappa shape index (κ3) is 1.83. The fourth-order valence-electron chi connectivity index (χ4n) is 3.81. The highest BCUT2D eigenvalue weighted by molar-refractivity contribution is 5.98. The van der Waals surface area contributed by atoms with E-state index in [0.717, 1.165) is 23.9 Å². The predicted molar refractivity (Wildman–Crippen MR) is 79.8 cm³/mol. The quantitative estimate of drug-likeness (QED) is 0.862. The number of carbonyl (C=O) groups is 2. The first kappa shape index (κ1) is 13.3. The summed E-state index contributed by atoms with van der Waals surface area (Å²) in [7, 11) is 1.91. The monoisotopic (exact) mass is 299 g/mol. The smallest absolute Gasteiger partial charge is 0.407 e. The second kappa shape index (κ2) is 4.32. The normalized spacial score (nSPS) is 20.0. The minimum Gasteiger partial charge on any atom is -0.465 e. The Hall–Kier alpha value is -2.37. The average molecular weight is 299 g/mol. The van der Waals surface area contributed by atoms with Gasteiger partial charge in [-0.25, -0.2) is 9.78 Å². The molecule has 0 aromatic carbocycles. The number of rotatable bonds is 2. The Morgan fingerprint density at radius 3 is 2.68 bits per heavy atom. The molecule has 1 aliphatic carbocycles. The van der Waals surface area contributed by atoms with Crippen LogP contribution in [0, 0.1) is 11.3 Å². The molecule has 6 nitrogen and oxygen atoms in total. The van der Waals surface area contributed by atoms with Gasteiger partial charge in [-0.1, -0.05) is 0 Å². The van der Waals surface area contributed by atoms with Crippen LogP contribution in [0.4, 0.5) is 4.79 Å². The molecule has 1 saturated carbocycles. The number of hydrogen-bond acceptors (Lipinski definition) is 3. The van der Waals surface area contributed by atoms with Crippen molar-refractivity contribution >= 4 is 22.9 Å². The Labute approximate surface area is 127 Å². The molecule has 6 heteroatoms. The van der Waals surface area contributed by atoms with E-state index in [0.29, 0.717) is 18.8 Å². The number of carboxylic acid groups (broad SMARTS) is 1. The molecule has 2 fully saturated rings. The minimum absolute atomic E-state index is 0.0128. The van der Waals surface area contributed by atoms with Crippen LogP contribution in [0.1, 0.15) is 23.3 Å². The number of aryl methyl sites for hydroxylation is 1. The SMILES string of the molecule is Cn1ccc2ccc(C(=O)C3CC4(C3)CN(C(=O)O)C4)nc21. The van der Waals surface area contributed by atoms with Crippen LogP contribution in [-0.2, 0) is 7.05 Å². The van der Waals surface area contributed by atoms with Crippen molar-refractivity contribution in [3.63, 3.8) is 0 Å². The molecule has 22 heavy (non-hydrogen) atoms. The highest BCUT2D eigenvalue weighted by Crippen LogP contribution is 2.52.